The topological polar surface area (TPSA) is 56.2 Å². The maximum Gasteiger partial charge on any atom is 0.416 e. The zero-order valence-electron chi connectivity index (χ0n) is 16.5. The Morgan fingerprint density at radius 3 is 2.70 bits per heavy atom. The number of carbonyl (C=O) groups excluding carboxylic acids is 1. The molecule has 1 aromatic carbocycles. The quantitative estimate of drug-likeness (QED) is 0.621. The van der Waals surface area contributed by atoms with Crippen LogP contribution in [-0.4, -0.2) is 22.5 Å². The zero-order valence-corrected chi connectivity index (χ0v) is 16.5. The number of hydrogen-bond donors (Lipinski definition) is 1. The van der Waals surface area contributed by atoms with Crippen LogP contribution in [0.4, 0.5) is 17.6 Å². The average Bonchev–Trinajstić information content (AvgIpc) is 3.26. The van der Waals surface area contributed by atoms with Gasteiger partial charge in [0.25, 0.3) is 5.91 Å². The van der Waals surface area contributed by atoms with E-state index in [9.17, 15) is 22.4 Å². The van der Waals surface area contributed by atoms with E-state index in [0.717, 1.165) is 23.3 Å². The second kappa shape index (κ2) is 7.09. The van der Waals surface area contributed by atoms with Crippen molar-refractivity contribution < 1.29 is 27.1 Å². The van der Waals surface area contributed by atoms with Crippen molar-refractivity contribution in [2.45, 2.75) is 38.8 Å². The highest BCUT2D eigenvalue weighted by atomic mass is 19.4. The molecular formula is C21H19F4N3O2. The molecule has 1 amide bonds. The van der Waals surface area contributed by atoms with Crippen LogP contribution in [0.2, 0.25) is 0 Å². The van der Waals surface area contributed by atoms with Gasteiger partial charge in [0.05, 0.1) is 35.3 Å². The molecule has 3 heterocycles. The van der Waals surface area contributed by atoms with Gasteiger partial charge in [-0.05, 0) is 32.0 Å². The fourth-order valence-electron chi connectivity index (χ4n) is 3.95. The van der Waals surface area contributed by atoms with Crippen LogP contribution in [-0.2, 0) is 17.5 Å². The molecule has 158 valence electrons. The van der Waals surface area contributed by atoms with E-state index in [0.29, 0.717) is 23.7 Å². The van der Waals surface area contributed by atoms with Crippen molar-refractivity contribution >= 4 is 16.9 Å². The number of nitrogens with one attached hydrogen (secondary N) is 1. The first-order chi connectivity index (χ1) is 14.1. The minimum absolute atomic E-state index is 0.0372. The molecule has 0 radical (unpaired) electrons. The summed E-state index contributed by atoms with van der Waals surface area (Å²) >= 11 is 0. The Hall–Kier alpha value is -2.94. The summed E-state index contributed by atoms with van der Waals surface area (Å²) in [5.74, 6) is -1.40. The highest BCUT2D eigenvalue weighted by Crippen LogP contribution is 2.39. The molecule has 3 aromatic rings. The van der Waals surface area contributed by atoms with Gasteiger partial charge in [-0.1, -0.05) is 6.07 Å². The van der Waals surface area contributed by atoms with Crippen molar-refractivity contribution in [3.05, 3.63) is 64.2 Å². The van der Waals surface area contributed by atoms with Crippen LogP contribution in [0.5, 0.6) is 0 Å². The van der Waals surface area contributed by atoms with Gasteiger partial charge in [0, 0.05) is 29.9 Å². The van der Waals surface area contributed by atoms with Crippen molar-refractivity contribution in [2.75, 3.05) is 7.05 Å². The number of benzene rings is 1. The molecule has 0 aliphatic carbocycles. The number of hydrogen-bond acceptors (Lipinski definition) is 3. The van der Waals surface area contributed by atoms with Gasteiger partial charge in [-0.25, -0.2) is 4.39 Å². The summed E-state index contributed by atoms with van der Waals surface area (Å²) in [6.07, 6.45) is -3.13. The third kappa shape index (κ3) is 3.13. The minimum atomic E-state index is -4.64. The Morgan fingerprint density at radius 2 is 2.07 bits per heavy atom. The Labute approximate surface area is 169 Å². The number of aromatic nitrogens is 2. The van der Waals surface area contributed by atoms with Crippen LogP contribution in [0, 0.1) is 5.82 Å². The molecule has 9 heteroatoms. The highest BCUT2D eigenvalue weighted by Gasteiger charge is 2.33. The highest BCUT2D eigenvalue weighted by molar-refractivity contribution is 5.98. The van der Waals surface area contributed by atoms with Crippen molar-refractivity contribution in [3.8, 4) is 0 Å². The predicted molar refractivity (Wildman–Crippen MR) is 102 cm³/mol. The Balaban J connectivity index is 1.94. The number of carbonyl (C=O) groups is 1. The van der Waals surface area contributed by atoms with E-state index in [1.807, 2.05) is 6.92 Å². The maximum absolute atomic E-state index is 14.7. The second-order valence-corrected chi connectivity index (χ2v) is 7.27. The molecule has 1 N–H and O–H groups in total. The molecule has 0 saturated heterocycles. The van der Waals surface area contributed by atoms with Crippen molar-refractivity contribution in [3.63, 3.8) is 0 Å². The second-order valence-electron chi connectivity index (χ2n) is 7.27. The van der Waals surface area contributed by atoms with E-state index >= 15 is 0 Å². The average molecular weight is 421 g/mol. The molecule has 2 atom stereocenters. The Kier molecular flexibility index (Phi) is 4.80. The monoisotopic (exact) mass is 421 g/mol. The molecule has 0 fully saturated rings. The summed E-state index contributed by atoms with van der Waals surface area (Å²) in [5, 5.41) is 2.55. The molecule has 1 aliphatic heterocycles. The minimum Gasteiger partial charge on any atom is -0.369 e. The molecule has 1 aliphatic rings. The van der Waals surface area contributed by atoms with Gasteiger partial charge in [0.1, 0.15) is 11.5 Å². The first-order valence-electron chi connectivity index (χ1n) is 9.36. The van der Waals surface area contributed by atoms with Gasteiger partial charge < -0.3 is 14.6 Å². The lowest BCUT2D eigenvalue weighted by Gasteiger charge is -2.21. The van der Waals surface area contributed by atoms with Gasteiger partial charge in [0.2, 0.25) is 0 Å². The van der Waals surface area contributed by atoms with Gasteiger partial charge in [-0.2, -0.15) is 13.2 Å². The molecule has 1 unspecified atom stereocenters. The molecular weight excluding hydrogens is 402 g/mol. The Morgan fingerprint density at radius 1 is 1.33 bits per heavy atom. The number of ether oxygens (including phenoxy) is 1. The van der Waals surface area contributed by atoms with Crippen molar-refractivity contribution in [2.24, 2.45) is 0 Å². The van der Waals surface area contributed by atoms with Crippen LogP contribution < -0.4 is 5.32 Å². The smallest absolute Gasteiger partial charge is 0.369 e. The summed E-state index contributed by atoms with van der Waals surface area (Å²) in [7, 11) is 1.47. The third-order valence-corrected chi connectivity index (χ3v) is 5.53. The normalized spacial score (nSPS) is 17.2. The van der Waals surface area contributed by atoms with Crippen molar-refractivity contribution in [1.29, 1.82) is 0 Å². The number of rotatable bonds is 3. The van der Waals surface area contributed by atoms with Gasteiger partial charge in [0.15, 0.2) is 0 Å². The summed E-state index contributed by atoms with van der Waals surface area (Å²) in [6, 6.07) is 3.26. The largest absolute Gasteiger partial charge is 0.416 e. The van der Waals surface area contributed by atoms with Crippen LogP contribution in [0.15, 0.2) is 30.5 Å². The van der Waals surface area contributed by atoms with Gasteiger partial charge >= 0.3 is 6.18 Å². The van der Waals surface area contributed by atoms with E-state index in [2.05, 4.69) is 10.3 Å². The fourth-order valence-corrected chi connectivity index (χ4v) is 3.95. The lowest BCUT2D eigenvalue weighted by Crippen LogP contribution is -2.24. The number of nitrogens with zero attached hydrogens (tertiary/aromatic N) is 2. The molecule has 30 heavy (non-hydrogen) atoms. The van der Waals surface area contributed by atoms with E-state index in [-0.39, 0.29) is 17.4 Å². The van der Waals surface area contributed by atoms with E-state index in [4.69, 9.17) is 4.74 Å². The molecule has 4 rings (SSSR count). The number of pyridine rings is 1. The summed E-state index contributed by atoms with van der Waals surface area (Å²) in [4.78, 5) is 17.0. The summed E-state index contributed by atoms with van der Waals surface area (Å²) in [6.45, 7) is 3.82. The number of amides is 1. The lowest BCUT2D eigenvalue weighted by molar-refractivity contribution is -0.137. The standard InChI is InChI=1S/C21H19F4N3O2/c1-10(13-5-4-12(6-16(13)22)21(23,24)25)28-18(20(29)26-3)7-17-19(28)15-9-30-11(2)14(15)8-27-17/h4-8,10-11H,9H2,1-3H3,(H,26,29)/t10-,11?/m1/s1. The van der Waals surface area contributed by atoms with Crippen LogP contribution in [0.1, 0.15) is 58.7 Å². The van der Waals surface area contributed by atoms with E-state index < -0.39 is 29.5 Å². The first kappa shape index (κ1) is 20.3. The van der Waals surface area contributed by atoms with Gasteiger partial charge in [-0.3, -0.25) is 9.78 Å². The summed E-state index contributed by atoms with van der Waals surface area (Å²) < 4.78 is 60.8. The lowest BCUT2D eigenvalue weighted by atomic mass is 10.0. The maximum atomic E-state index is 14.7. The molecule has 5 nitrogen and oxygen atoms in total. The molecule has 0 spiro atoms. The van der Waals surface area contributed by atoms with Crippen LogP contribution >= 0.6 is 0 Å². The summed E-state index contributed by atoms with van der Waals surface area (Å²) in [5.41, 5.74) is 2.05. The van der Waals surface area contributed by atoms with Crippen LogP contribution in [0.25, 0.3) is 11.0 Å². The first-order valence-corrected chi connectivity index (χ1v) is 9.36. The zero-order chi connectivity index (χ0) is 21.8. The van der Waals surface area contributed by atoms with E-state index in [1.165, 1.54) is 7.05 Å². The number of fused-ring (bicyclic) bond motifs is 3. The van der Waals surface area contributed by atoms with Gasteiger partial charge in [-0.15, -0.1) is 0 Å². The molecule has 0 bridgehead atoms. The Bertz CT molecular complexity index is 1150. The SMILES string of the molecule is CNC(=O)c1cc2ncc3c(c2n1[C@H](C)c1ccc(C(F)(F)F)cc1F)COC3C. The number of alkyl halides is 3. The number of halogens is 4. The fraction of sp³-hybridized carbons (Fsp3) is 0.333. The van der Waals surface area contributed by atoms with Crippen LogP contribution in [0.3, 0.4) is 0 Å². The third-order valence-electron chi connectivity index (χ3n) is 5.53. The van der Waals surface area contributed by atoms with Crippen molar-refractivity contribution in [1.82, 2.24) is 14.9 Å². The predicted octanol–water partition coefficient (Wildman–Crippen LogP) is 4.75. The van der Waals surface area contributed by atoms with E-state index in [1.54, 1.807) is 23.8 Å². The molecule has 2 aromatic heterocycles. The molecule has 0 saturated carbocycles.